The highest BCUT2D eigenvalue weighted by Gasteiger charge is 2.16. The highest BCUT2D eigenvalue weighted by Crippen LogP contribution is 2.11. The molecule has 0 aromatic heterocycles. The van der Waals surface area contributed by atoms with E-state index in [-0.39, 0.29) is 11.9 Å². The molecule has 2 heteroatoms. The molecule has 84 valence electrons. The molecule has 0 radical (unpaired) electrons. The van der Waals surface area contributed by atoms with Crippen molar-refractivity contribution in [1.82, 2.24) is 0 Å². The monoisotopic (exact) mass is 216 g/mol. The van der Waals surface area contributed by atoms with Crippen molar-refractivity contribution in [2.75, 3.05) is 6.61 Å². The van der Waals surface area contributed by atoms with Gasteiger partial charge in [0, 0.05) is 0 Å². The van der Waals surface area contributed by atoms with Crippen molar-refractivity contribution in [3.05, 3.63) is 54.3 Å². The third kappa shape index (κ3) is 3.76. The van der Waals surface area contributed by atoms with Crippen molar-refractivity contribution in [3.8, 4) is 0 Å². The molecule has 1 atom stereocenters. The van der Waals surface area contributed by atoms with Crippen LogP contribution in [0, 0.1) is 5.92 Å². The zero-order chi connectivity index (χ0) is 11.8. The number of carbonyl (C=O) groups excluding carboxylic acids is 1. The Morgan fingerprint density at radius 3 is 2.75 bits per heavy atom. The van der Waals surface area contributed by atoms with Gasteiger partial charge in [-0.1, -0.05) is 36.9 Å². The third-order valence-electron chi connectivity index (χ3n) is 2.21. The Balaban J connectivity index is 2.72. The van der Waals surface area contributed by atoms with Gasteiger partial charge in [-0.3, -0.25) is 4.79 Å². The molecule has 0 saturated carbocycles. The largest absolute Gasteiger partial charge is 0.466 e. The SMILES string of the molecule is C=C=CC(Cc1ccccc1)C(=O)OCC. The van der Waals surface area contributed by atoms with Crippen LogP contribution >= 0.6 is 0 Å². The second-order valence-corrected chi connectivity index (χ2v) is 3.42. The first-order chi connectivity index (χ1) is 7.77. The third-order valence-corrected chi connectivity index (χ3v) is 2.21. The van der Waals surface area contributed by atoms with E-state index in [0.29, 0.717) is 13.0 Å². The lowest BCUT2D eigenvalue weighted by molar-refractivity contribution is -0.146. The quantitative estimate of drug-likeness (QED) is 0.559. The molecule has 0 fully saturated rings. The lowest BCUT2D eigenvalue weighted by Crippen LogP contribution is -2.17. The molecular weight excluding hydrogens is 200 g/mol. The first-order valence-electron chi connectivity index (χ1n) is 5.34. The lowest BCUT2D eigenvalue weighted by Gasteiger charge is -2.10. The lowest BCUT2D eigenvalue weighted by atomic mass is 9.99. The molecule has 0 N–H and O–H groups in total. The summed E-state index contributed by atoms with van der Waals surface area (Å²) < 4.78 is 4.99. The van der Waals surface area contributed by atoms with Crippen molar-refractivity contribution in [2.45, 2.75) is 13.3 Å². The summed E-state index contributed by atoms with van der Waals surface area (Å²) in [6.07, 6.45) is 2.28. The fourth-order valence-electron chi connectivity index (χ4n) is 1.47. The van der Waals surface area contributed by atoms with E-state index in [2.05, 4.69) is 12.3 Å². The molecule has 0 aliphatic rings. The maximum Gasteiger partial charge on any atom is 0.313 e. The van der Waals surface area contributed by atoms with Crippen molar-refractivity contribution in [1.29, 1.82) is 0 Å². The van der Waals surface area contributed by atoms with E-state index >= 15 is 0 Å². The molecule has 0 amide bonds. The highest BCUT2D eigenvalue weighted by molar-refractivity contribution is 5.74. The normalized spacial score (nSPS) is 11.3. The molecule has 0 aliphatic carbocycles. The van der Waals surface area contributed by atoms with E-state index in [9.17, 15) is 4.79 Å². The fraction of sp³-hybridized carbons (Fsp3) is 0.286. The molecule has 2 nitrogen and oxygen atoms in total. The first-order valence-corrected chi connectivity index (χ1v) is 5.34. The highest BCUT2D eigenvalue weighted by atomic mass is 16.5. The number of hydrogen-bond donors (Lipinski definition) is 0. The van der Waals surface area contributed by atoms with E-state index in [0.717, 1.165) is 5.56 Å². The van der Waals surface area contributed by atoms with Crippen molar-refractivity contribution >= 4 is 5.97 Å². The van der Waals surface area contributed by atoms with Gasteiger partial charge in [-0.25, -0.2) is 0 Å². The summed E-state index contributed by atoms with van der Waals surface area (Å²) in [5.41, 5.74) is 3.76. The average molecular weight is 216 g/mol. The Morgan fingerprint density at radius 2 is 2.19 bits per heavy atom. The number of hydrogen-bond acceptors (Lipinski definition) is 2. The topological polar surface area (TPSA) is 26.3 Å². The van der Waals surface area contributed by atoms with Crippen LogP contribution in [0.3, 0.4) is 0 Å². The molecule has 1 unspecified atom stereocenters. The second-order valence-electron chi connectivity index (χ2n) is 3.42. The van der Waals surface area contributed by atoms with Gasteiger partial charge in [0.1, 0.15) is 0 Å². The molecule has 0 heterocycles. The number of carbonyl (C=O) groups is 1. The maximum absolute atomic E-state index is 11.6. The van der Waals surface area contributed by atoms with Crippen molar-refractivity contribution < 1.29 is 9.53 Å². The molecule has 1 aromatic rings. The number of benzene rings is 1. The zero-order valence-corrected chi connectivity index (χ0v) is 9.48. The van der Waals surface area contributed by atoms with Gasteiger partial charge >= 0.3 is 5.97 Å². The Labute approximate surface area is 96.2 Å². The van der Waals surface area contributed by atoms with Crippen LogP contribution in [0.5, 0.6) is 0 Å². The van der Waals surface area contributed by atoms with Gasteiger partial charge < -0.3 is 4.74 Å². The van der Waals surface area contributed by atoms with E-state index in [1.807, 2.05) is 30.3 Å². The summed E-state index contributed by atoms with van der Waals surface area (Å²) >= 11 is 0. The summed E-state index contributed by atoms with van der Waals surface area (Å²) in [6, 6.07) is 9.84. The molecule has 1 aromatic carbocycles. The number of esters is 1. The standard InChI is InChI=1S/C14H16O2/c1-3-8-13(14(15)16-4-2)11-12-9-6-5-7-10-12/h5-10,13H,1,4,11H2,2H3. The smallest absolute Gasteiger partial charge is 0.313 e. The van der Waals surface area contributed by atoms with E-state index in [4.69, 9.17) is 4.74 Å². The van der Waals surface area contributed by atoms with Crippen LogP contribution in [-0.4, -0.2) is 12.6 Å². The van der Waals surface area contributed by atoms with Crippen LogP contribution in [0.15, 0.2) is 48.7 Å². The van der Waals surface area contributed by atoms with Crippen LogP contribution in [-0.2, 0) is 16.0 Å². The Kier molecular flexibility index (Phi) is 5.10. The molecule has 0 aliphatic heterocycles. The summed E-state index contributed by atoms with van der Waals surface area (Å²) in [4.78, 5) is 11.6. The molecule has 0 spiro atoms. The molecular formula is C14H16O2. The van der Waals surface area contributed by atoms with E-state index < -0.39 is 0 Å². The van der Waals surface area contributed by atoms with Gasteiger partial charge in [0.15, 0.2) is 0 Å². The minimum Gasteiger partial charge on any atom is -0.466 e. The van der Waals surface area contributed by atoms with Crippen molar-refractivity contribution in [3.63, 3.8) is 0 Å². The summed E-state index contributed by atoms with van der Waals surface area (Å²) in [5.74, 6) is -0.512. The minimum absolute atomic E-state index is 0.220. The van der Waals surface area contributed by atoms with Gasteiger partial charge in [-0.2, -0.15) is 0 Å². The van der Waals surface area contributed by atoms with Gasteiger partial charge in [-0.15, -0.1) is 5.73 Å². The summed E-state index contributed by atoms with van der Waals surface area (Å²) in [7, 11) is 0. The van der Waals surface area contributed by atoms with Crippen LogP contribution in [0.25, 0.3) is 0 Å². The fourth-order valence-corrected chi connectivity index (χ4v) is 1.47. The van der Waals surface area contributed by atoms with Gasteiger partial charge in [0.25, 0.3) is 0 Å². The summed E-state index contributed by atoms with van der Waals surface area (Å²) in [5, 5.41) is 0. The predicted molar refractivity (Wildman–Crippen MR) is 64.0 cm³/mol. The first kappa shape index (κ1) is 12.3. The maximum atomic E-state index is 11.6. The minimum atomic E-state index is -0.292. The molecule has 16 heavy (non-hydrogen) atoms. The number of ether oxygens (including phenoxy) is 1. The predicted octanol–water partition coefficient (Wildman–Crippen LogP) is 2.75. The molecule has 1 rings (SSSR count). The Morgan fingerprint density at radius 1 is 1.50 bits per heavy atom. The molecule has 0 saturated heterocycles. The van der Waals surface area contributed by atoms with E-state index in [1.54, 1.807) is 13.0 Å². The van der Waals surface area contributed by atoms with Crippen LogP contribution in [0.4, 0.5) is 0 Å². The zero-order valence-electron chi connectivity index (χ0n) is 9.48. The van der Waals surface area contributed by atoms with Gasteiger partial charge in [0.2, 0.25) is 0 Å². The van der Waals surface area contributed by atoms with Crippen LogP contribution in [0.2, 0.25) is 0 Å². The van der Waals surface area contributed by atoms with E-state index in [1.165, 1.54) is 0 Å². The van der Waals surface area contributed by atoms with Crippen molar-refractivity contribution in [2.24, 2.45) is 5.92 Å². The Hall–Kier alpha value is -1.79. The average Bonchev–Trinajstić information content (AvgIpc) is 2.30. The van der Waals surface area contributed by atoms with Gasteiger partial charge in [-0.05, 0) is 25.0 Å². The summed E-state index contributed by atoms with van der Waals surface area (Å²) in [6.45, 7) is 5.69. The van der Waals surface area contributed by atoms with Crippen LogP contribution < -0.4 is 0 Å². The molecule has 0 bridgehead atoms. The van der Waals surface area contributed by atoms with Crippen LogP contribution in [0.1, 0.15) is 12.5 Å². The second kappa shape index (κ2) is 6.65. The number of rotatable bonds is 5. The Bertz CT molecular complexity index is 375. The van der Waals surface area contributed by atoms with Gasteiger partial charge in [0.05, 0.1) is 12.5 Å².